The normalized spacial score (nSPS) is 14.1. The Morgan fingerprint density at radius 2 is 1.44 bits per heavy atom. The van der Waals surface area contributed by atoms with Gasteiger partial charge in [-0.1, -0.05) is 30.3 Å². The molecule has 1 aliphatic rings. The van der Waals surface area contributed by atoms with Gasteiger partial charge in [-0.3, -0.25) is 9.59 Å². The van der Waals surface area contributed by atoms with Crippen molar-refractivity contribution < 1.29 is 9.59 Å². The number of aryl methyl sites for hydroxylation is 1. The Bertz CT molecular complexity index is 764. The van der Waals surface area contributed by atoms with E-state index in [0.29, 0.717) is 38.2 Å². The van der Waals surface area contributed by atoms with Crippen LogP contribution in [0.1, 0.15) is 22.3 Å². The van der Waals surface area contributed by atoms with Gasteiger partial charge in [-0.05, 0) is 36.2 Å². The molecule has 3 rings (SSSR count). The number of nitrogens with zero attached hydrogens (tertiary/aromatic N) is 3. The molecule has 0 aromatic heterocycles. The van der Waals surface area contributed by atoms with E-state index < -0.39 is 0 Å². The Hall–Kier alpha value is -2.82. The molecule has 1 aliphatic heterocycles. The molecule has 1 fully saturated rings. The standard InChI is InChI=1S/C22H27N3O2/c1-23(2)20-11-9-19(10-12-20)22(27)25-16-14-24(15-17-25)21(26)13-8-18-6-4-3-5-7-18/h3-7,9-12H,8,13-17H2,1-2H3. The second-order valence-electron chi connectivity index (χ2n) is 7.10. The molecule has 2 aromatic rings. The molecule has 0 unspecified atom stereocenters. The van der Waals surface area contributed by atoms with Crippen molar-refractivity contribution in [2.45, 2.75) is 12.8 Å². The van der Waals surface area contributed by atoms with E-state index in [2.05, 4.69) is 0 Å². The second-order valence-corrected chi connectivity index (χ2v) is 7.10. The van der Waals surface area contributed by atoms with Gasteiger partial charge in [-0.25, -0.2) is 0 Å². The van der Waals surface area contributed by atoms with Crippen LogP contribution in [0.3, 0.4) is 0 Å². The van der Waals surface area contributed by atoms with Gasteiger partial charge in [0.05, 0.1) is 0 Å². The minimum absolute atomic E-state index is 0.0386. The van der Waals surface area contributed by atoms with Crippen molar-refractivity contribution in [1.82, 2.24) is 9.80 Å². The van der Waals surface area contributed by atoms with Gasteiger partial charge < -0.3 is 14.7 Å². The quantitative estimate of drug-likeness (QED) is 0.818. The Kier molecular flexibility index (Phi) is 6.12. The van der Waals surface area contributed by atoms with E-state index in [-0.39, 0.29) is 11.8 Å². The second kappa shape index (κ2) is 8.71. The average molecular weight is 365 g/mol. The highest BCUT2D eigenvalue weighted by atomic mass is 16.2. The van der Waals surface area contributed by atoms with Crippen molar-refractivity contribution in [1.29, 1.82) is 0 Å². The smallest absolute Gasteiger partial charge is 0.253 e. The predicted molar refractivity (Wildman–Crippen MR) is 108 cm³/mol. The summed E-state index contributed by atoms with van der Waals surface area (Å²) in [4.78, 5) is 30.8. The average Bonchev–Trinajstić information content (AvgIpc) is 2.72. The third kappa shape index (κ3) is 4.88. The van der Waals surface area contributed by atoms with E-state index in [1.807, 2.05) is 83.4 Å². The minimum Gasteiger partial charge on any atom is -0.378 e. The van der Waals surface area contributed by atoms with Gasteiger partial charge in [0.25, 0.3) is 5.91 Å². The lowest BCUT2D eigenvalue weighted by atomic mass is 10.1. The van der Waals surface area contributed by atoms with Crippen LogP contribution in [0, 0.1) is 0 Å². The van der Waals surface area contributed by atoms with E-state index in [4.69, 9.17) is 0 Å². The maximum atomic E-state index is 12.7. The maximum absolute atomic E-state index is 12.7. The molecule has 142 valence electrons. The highest BCUT2D eigenvalue weighted by Gasteiger charge is 2.24. The topological polar surface area (TPSA) is 43.9 Å². The number of rotatable bonds is 5. The summed E-state index contributed by atoms with van der Waals surface area (Å²) in [7, 11) is 3.95. The zero-order valence-electron chi connectivity index (χ0n) is 16.1. The maximum Gasteiger partial charge on any atom is 0.253 e. The van der Waals surface area contributed by atoms with Crippen molar-refractivity contribution in [2.24, 2.45) is 0 Å². The zero-order valence-corrected chi connectivity index (χ0v) is 16.1. The zero-order chi connectivity index (χ0) is 19.2. The first-order valence-corrected chi connectivity index (χ1v) is 9.43. The van der Waals surface area contributed by atoms with Crippen molar-refractivity contribution in [3.8, 4) is 0 Å². The van der Waals surface area contributed by atoms with Crippen LogP contribution in [0.2, 0.25) is 0 Å². The van der Waals surface area contributed by atoms with Gasteiger partial charge in [-0.15, -0.1) is 0 Å². The van der Waals surface area contributed by atoms with Crippen LogP contribution in [0.5, 0.6) is 0 Å². The van der Waals surface area contributed by atoms with E-state index in [0.717, 1.165) is 12.1 Å². The summed E-state index contributed by atoms with van der Waals surface area (Å²) < 4.78 is 0. The van der Waals surface area contributed by atoms with Crippen LogP contribution in [-0.4, -0.2) is 61.9 Å². The van der Waals surface area contributed by atoms with E-state index in [1.165, 1.54) is 5.56 Å². The molecule has 0 atom stereocenters. The van der Waals surface area contributed by atoms with Crippen molar-refractivity contribution >= 4 is 17.5 Å². The molecule has 2 aromatic carbocycles. The summed E-state index contributed by atoms with van der Waals surface area (Å²) in [5, 5.41) is 0. The lowest BCUT2D eigenvalue weighted by Crippen LogP contribution is -2.50. The van der Waals surface area contributed by atoms with Crippen LogP contribution >= 0.6 is 0 Å². The Morgan fingerprint density at radius 3 is 2.04 bits per heavy atom. The lowest BCUT2D eigenvalue weighted by molar-refractivity contribution is -0.132. The molecule has 0 radical (unpaired) electrons. The number of anilines is 1. The number of hydrogen-bond acceptors (Lipinski definition) is 3. The summed E-state index contributed by atoms with van der Waals surface area (Å²) in [6.45, 7) is 2.39. The number of carbonyl (C=O) groups is 2. The van der Waals surface area contributed by atoms with Crippen molar-refractivity contribution in [3.05, 3.63) is 65.7 Å². The third-order valence-corrected chi connectivity index (χ3v) is 5.02. The summed E-state index contributed by atoms with van der Waals surface area (Å²) in [5.41, 5.74) is 2.95. The fourth-order valence-corrected chi connectivity index (χ4v) is 3.30. The molecule has 0 bridgehead atoms. The molecule has 27 heavy (non-hydrogen) atoms. The van der Waals surface area contributed by atoms with Crippen LogP contribution in [0.4, 0.5) is 5.69 Å². The largest absolute Gasteiger partial charge is 0.378 e. The molecule has 5 nitrogen and oxygen atoms in total. The first-order valence-electron chi connectivity index (χ1n) is 9.43. The Labute approximate surface area is 161 Å². The molecular formula is C22H27N3O2. The van der Waals surface area contributed by atoms with Gasteiger partial charge in [-0.2, -0.15) is 0 Å². The fourth-order valence-electron chi connectivity index (χ4n) is 3.30. The van der Waals surface area contributed by atoms with Crippen LogP contribution < -0.4 is 4.90 Å². The summed E-state index contributed by atoms with van der Waals surface area (Å²) in [5.74, 6) is 0.206. The summed E-state index contributed by atoms with van der Waals surface area (Å²) in [6, 6.07) is 17.7. The number of carbonyl (C=O) groups excluding carboxylic acids is 2. The van der Waals surface area contributed by atoms with Crippen LogP contribution in [0.25, 0.3) is 0 Å². The Morgan fingerprint density at radius 1 is 0.852 bits per heavy atom. The molecule has 5 heteroatoms. The molecule has 1 saturated heterocycles. The third-order valence-electron chi connectivity index (χ3n) is 5.02. The molecule has 0 spiro atoms. The monoisotopic (exact) mass is 365 g/mol. The highest BCUT2D eigenvalue weighted by Crippen LogP contribution is 2.15. The van der Waals surface area contributed by atoms with E-state index in [1.54, 1.807) is 0 Å². The SMILES string of the molecule is CN(C)c1ccc(C(=O)N2CCN(C(=O)CCc3ccccc3)CC2)cc1. The Balaban J connectivity index is 1.49. The number of hydrogen-bond donors (Lipinski definition) is 0. The van der Waals surface area contributed by atoms with Crippen molar-refractivity contribution in [3.63, 3.8) is 0 Å². The van der Waals surface area contributed by atoms with Crippen molar-refractivity contribution in [2.75, 3.05) is 45.2 Å². The first kappa shape index (κ1) is 19.0. The van der Waals surface area contributed by atoms with Gasteiger partial charge in [0.2, 0.25) is 5.91 Å². The molecule has 1 heterocycles. The summed E-state index contributed by atoms with van der Waals surface area (Å²) in [6.07, 6.45) is 1.28. The lowest BCUT2D eigenvalue weighted by Gasteiger charge is -2.35. The van der Waals surface area contributed by atoms with Gasteiger partial charge in [0.15, 0.2) is 0 Å². The number of benzene rings is 2. The van der Waals surface area contributed by atoms with E-state index in [9.17, 15) is 9.59 Å². The van der Waals surface area contributed by atoms with Crippen LogP contribution in [-0.2, 0) is 11.2 Å². The van der Waals surface area contributed by atoms with Crippen LogP contribution in [0.15, 0.2) is 54.6 Å². The molecule has 0 aliphatic carbocycles. The molecular weight excluding hydrogens is 338 g/mol. The fraction of sp³-hybridized carbons (Fsp3) is 0.364. The summed E-state index contributed by atoms with van der Waals surface area (Å²) >= 11 is 0. The van der Waals surface area contributed by atoms with Gasteiger partial charge in [0.1, 0.15) is 0 Å². The van der Waals surface area contributed by atoms with E-state index >= 15 is 0 Å². The molecule has 0 N–H and O–H groups in total. The molecule has 2 amide bonds. The number of piperazine rings is 1. The number of amides is 2. The minimum atomic E-state index is 0.0386. The predicted octanol–water partition coefficient (Wildman–Crippen LogP) is 2.67. The highest BCUT2D eigenvalue weighted by molar-refractivity contribution is 5.94. The van der Waals surface area contributed by atoms with Gasteiger partial charge in [0, 0.05) is 57.9 Å². The van der Waals surface area contributed by atoms with Gasteiger partial charge >= 0.3 is 0 Å². The molecule has 0 saturated carbocycles. The first-order chi connectivity index (χ1) is 13.0.